The van der Waals surface area contributed by atoms with Gasteiger partial charge in [-0.2, -0.15) is 0 Å². The van der Waals surface area contributed by atoms with Gasteiger partial charge in [0.2, 0.25) is 0 Å². The number of nitrogens with two attached hydrogens (primary N) is 1. The minimum atomic E-state index is -0.993. The van der Waals surface area contributed by atoms with Gasteiger partial charge in [0.05, 0.1) is 22.6 Å². The second-order valence-corrected chi connectivity index (χ2v) is 5.46. The quantitative estimate of drug-likeness (QED) is 0.669. The lowest BCUT2D eigenvalue weighted by Crippen LogP contribution is -2.37. The molecule has 0 saturated heterocycles. The van der Waals surface area contributed by atoms with Gasteiger partial charge in [-0.25, -0.2) is 4.98 Å². The number of esters is 1. The molecule has 0 unspecified atom stereocenters. The van der Waals surface area contributed by atoms with E-state index < -0.39 is 17.4 Å². The Balaban J connectivity index is 0.00000324. The summed E-state index contributed by atoms with van der Waals surface area (Å²) in [6.07, 6.45) is 1.35. The maximum absolute atomic E-state index is 11.7. The number of carbonyl (C=O) groups is 1. The number of carbonyl (C=O) groups excluding carboxylic acids is 1. The first-order valence-corrected chi connectivity index (χ1v) is 6.20. The molecule has 4 nitrogen and oxygen atoms in total. The van der Waals surface area contributed by atoms with Crippen LogP contribution in [-0.4, -0.2) is 18.1 Å². The van der Waals surface area contributed by atoms with E-state index in [9.17, 15) is 4.79 Å². The summed E-state index contributed by atoms with van der Waals surface area (Å²) in [5, 5.41) is 0.495. The number of rotatable bonds is 3. The van der Waals surface area contributed by atoms with Crippen molar-refractivity contribution in [3.05, 3.63) is 27.0 Å². The van der Waals surface area contributed by atoms with E-state index in [-0.39, 0.29) is 27.6 Å². The Morgan fingerprint density at radius 2 is 1.95 bits per heavy atom. The van der Waals surface area contributed by atoms with Gasteiger partial charge in [0.15, 0.2) is 0 Å². The van der Waals surface area contributed by atoms with Gasteiger partial charge in [0, 0.05) is 17.8 Å². The van der Waals surface area contributed by atoms with Crippen LogP contribution >= 0.6 is 47.2 Å². The standard InChI is InChI=1S/C11H13Cl3N2O2.ClH/c1-11(2,10(17)18-3)8(15)6-5(12)4-16-9(14)7(6)13;/h4,8H,15H2,1-3H3;1H/t8-;/m0./s1. The van der Waals surface area contributed by atoms with E-state index >= 15 is 0 Å². The first-order valence-electron chi connectivity index (χ1n) is 5.06. The number of halogens is 4. The molecule has 0 bridgehead atoms. The molecule has 1 aromatic heterocycles. The number of ether oxygens (including phenoxy) is 1. The summed E-state index contributed by atoms with van der Waals surface area (Å²) in [6, 6.07) is -0.759. The second-order valence-electron chi connectivity index (χ2n) is 4.32. The number of nitrogens with zero attached hydrogens (tertiary/aromatic N) is 1. The van der Waals surface area contributed by atoms with Gasteiger partial charge in [0.1, 0.15) is 5.15 Å². The summed E-state index contributed by atoms with van der Waals surface area (Å²) < 4.78 is 4.71. The Morgan fingerprint density at radius 1 is 1.42 bits per heavy atom. The monoisotopic (exact) mass is 346 g/mol. The lowest BCUT2D eigenvalue weighted by Gasteiger charge is -2.30. The van der Waals surface area contributed by atoms with Crippen molar-refractivity contribution in [1.82, 2.24) is 4.98 Å². The van der Waals surface area contributed by atoms with E-state index in [1.54, 1.807) is 13.8 Å². The summed E-state index contributed by atoms with van der Waals surface area (Å²) in [5.74, 6) is -0.463. The molecule has 0 aliphatic rings. The zero-order valence-corrected chi connectivity index (χ0v) is 13.6. The van der Waals surface area contributed by atoms with Crippen molar-refractivity contribution < 1.29 is 9.53 Å². The van der Waals surface area contributed by atoms with Crippen molar-refractivity contribution in [3.8, 4) is 0 Å². The fourth-order valence-electron chi connectivity index (χ4n) is 1.49. The first-order chi connectivity index (χ1) is 8.23. The van der Waals surface area contributed by atoms with Crippen LogP contribution in [0.15, 0.2) is 6.20 Å². The molecule has 0 aliphatic heterocycles. The Bertz CT molecular complexity index is 480. The molecule has 0 radical (unpaired) electrons. The largest absolute Gasteiger partial charge is 0.469 e. The Hall–Kier alpha value is -0.260. The van der Waals surface area contributed by atoms with Crippen LogP contribution in [0.5, 0.6) is 0 Å². The van der Waals surface area contributed by atoms with Crippen molar-refractivity contribution in [2.75, 3.05) is 7.11 Å². The molecule has 1 rings (SSSR count). The molecule has 1 heterocycles. The van der Waals surface area contributed by atoms with E-state index in [0.717, 1.165) is 0 Å². The highest BCUT2D eigenvalue weighted by Gasteiger charge is 2.39. The predicted molar refractivity (Wildman–Crippen MR) is 79.2 cm³/mol. The fourth-order valence-corrected chi connectivity index (χ4v) is 2.22. The highest BCUT2D eigenvalue weighted by molar-refractivity contribution is 6.43. The van der Waals surface area contributed by atoms with Crippen molar-refractivity contribution >= 4 is 53.2 Å². The van der Waals surface area contributed by atoms with Crippen LogP contribution in [0.2, 0.25) is 15.2 Å². The Kier molecular flexibility index (Phi) is 6.86. The number of aromatic nitrogens is 1. The normalized spacial score (nSPS) is 12.6. The maximum atomic E-state index is 11.7. The van der Waals surface area contributed by atoms with Gasteiger partial charge in [-0.15, -0.1) is 12.4 Å². The molecular formula is C11H14Cl4N2O2. The molecule has 0 fully saturated rings. The van der Waals surface area contributed by atoms with E-state index in [4.69, 9.17) is 45.3 Å². The fraction of sp³-hybridized carbons (Fsp3) is 0.455. The molecule has 108 valence electrons. The molecular weight excluding hydrogens is 334 g/mol. The molecule has 2 N–H and O–H groups in total. The molecule has 0 aromatic carbocycles. The molecule has 0 aliphatic carbocycles. The predicted octanol–water partition coefficient (Wildman–Crippen LogP) is 3.66. The number of hydrogen-bond donors (Lipinski definition) is 1. The van der Waals surface area contributed by atoms with Crippen LogP contribution in [0.4, 0.5) is 0 Å². The summed E-state index contributed by atoms with van der Waals surface area (Å²) >= 11 is 17.9. The molecule has 1 atom stereocenters. The van der Waals surface area contributed by atoms with Crippen molar-refractivity contribution in [2.24, 2.45) is 11.1 Å². The van der Waals surface area contributed by atoms with Crippen LogP contribution in [0.25, 0.3) is 0 Å². The molecule has 0 amide bonds. The van der Waals surface area contributed by atoms with Gasteiger partial charge in [-0.1, -0.05) is 34.8 Å². The SMILES string of the molecule is COC(=O)C(C)(C)[C@@H](N)c1c(Cl)cnc(Cl)c1Cl.Cl. The lowest BCUT2D eigenvalue weighted by molar-refractivity contribution is -0.152. The van der Waals surface area contributed by atoms with Crippen LogP contribution < -0.4 is 5.73 Å². The third kappa shape index (κ3) is 3.64. The molecule has 19 heavy (non-hydrogen) atoms. The molecule has 1 aromatic rings. The van der Waals surface area contributed by atoms with Gasteiger partial charge in [-0.3, -0.25) is 4.79 Å². The van der Waals surface area contributed by atoms with E-state index in [2.05, 4.69) is 4.98 Å². The second kappa shape index (κ2) is 6.95. The topological polar surface area (TPSA) is 65.2 Å². The molecule has 0 spiro atoms. The average Bonchev–Trinajstić information content (AvgIpc) is 2.33. The smallest absolute Gasteiger partial charge is 0.313 e. The van der Waals surface area contributed by atoms with Crippen LogP contribution in [0.3, 0.4) is 0 Å². The summed E-state index contributed by atoms with van der Waals surface area (Å²) in [6.45, 7) is 3.29. The summed E-state index contributed by atoms with van der Waals surface area (Å²) in [5.41, 5.74) is 5.45. The van der Waals surface area contributed by atoms with Gasteiger partial charge < -0.3 is 10.5 Å². The number of hydrogen-bond acceptors (Lipinski definition) is 4. The number of pyridine rings is 1. The van der Waals surface area contributed by atoms with Crippen LogP contribution in [0, 0.1) is 5.41 Å². The van der Waals surface area contributed by atoms with Gasteiger partial charge in [-0.05, 0) is 13.8 Å². The van der Waals surface area contributed by atoms with Crippen molar-refractivity contribution in [2.45, 2.75) is 19.9 Å². The minimum Gasteiger partial charge on any atom is -0.469 e. The molecule has 0 saturated carbocycles. The summed E-state index contributed by atoms with van der Waals surface area (Å²) in [4.78, 5) is 15.5. The summed E-state index contributed by atoms with van der Waals surface area (Å²) in [7, 11) is 1.29. The minimum absolute atomic E-state index is 0. The molecule has 8 heteroatoms. The van der Waals surface area contributed by atoms with Crippen LogP contribution in [0.1, 0.15) is 25.5 Å². The zero-order chi connectivity index (χ0) is 14.1. The van der Waals surface area contributed by atoms with Gasteiger partial charge >= 0.3 is 5.97 Å². The van der Waals surface area contributed by atoms with Crippen molar-refractivity contribution in [3.63, 3.8) is 0 Å². The van der Waals surface area contributed by atoms with E-state index in [1.165, 1.54) is 13.3 Å². The lowest BCUT2D eigenvalue weighted by atomic mass is 9.81. The number of methoxy groups -OCH3 is 1. The van der Waals surface area contributed by atoms with Crippen LogP contribution in [-0.2, 0) is 9.53 Å². The zero-order valence-electron chi connectivity index (χ0n) is 10.5. The Morgan fingerprint density at radius 3 is 2.42 bits per heavy atom. The first kappa shape index (κ1) is 18.7. The third-order valence-electron chi connectivity index (χ3n) is 2.77. The van der Waals surface area contributed by atoms with Crippen molar-refractivity contribution in [1.29, 1.82) is 0 Å². The average molecular weight is 348 g/mol. The van der Waals surface area contributed by atoms with Gasteiger partial charge in [0.25, 0.3) is 0 Å². The highest BCUT2D eigenvalue weighted by atomic mass is 35.5. The Labute approximate surface area is 133 Å². The highest BCUT2D eigenvalue weighted by Crippen LogP contribution is 2.41. The van der Waals surface area contributed by atoms with E-state index in [1.807, 2.05) is 0 Å². The van der Waals surface area contributed by atoms with E-state index in [0.29, 0.717) is 5.56 Å². The third-order valence-corrected chi connectivity index (χ3v) is 3.83. The maximum Gasteiger partial charge on any atom is 0.313 e.